The van der Waals surface area contributed by atoms with Gasteiger partial charge in [0.2, 0.25) is 0 Å². The molecule has 1 nitrogen and oxygen atoms in total. The molecule has 146 valence electrons. The van der Waals surface area contributed by atoms with Crippen molar-refractivity contribution >= 4 is 11.0 Å². The molecule has 0 saturated carbocycles. The van der Waals surface area contributed by atoms with E-state index in [0.29, 0.717) is 11.8 Å². The molecular formula is C29H24O. The Morgan fingerprint density at radius 1 is 0.767 bits per heavy atom. The number of hydrogen-bond acceptors (Lipinski definition) is 1. The summed E-state index contributed by atoms with van der Waals surface area (Å²) in [6.45, 7) is 4.59. The van der Waals surface area contributed by atoms with Crippen LogP contribution in [-0.4, -0.2) is 0 Å². The maximum absolute atomic E-state index is 6.06. The standard InChI is InChI=1S/C29H24O/c1-19-9-3-6-12-23(19)29(24-13-7-4-10-20(24)2)25-14-8-5-11-22(25)27-26(29)16-15-21-17-18-30-28(21)27/h3-19,23H,1-2H3. The molecule has 6 rings (SSSR count). The lowest BCUT2D eigenvalue weighted by Gasteiger charge is -2.43. The Balaban J connectivity index is 1.82. The van der Waals surface area contributed by atoms with E-state index in [-0.39, 0.29) is 5.41 Å². The molecule has 4 aromatic rings. The minimum absolute atomic E-state index is 0.251. The van der Waals surface area contributed by atoms with Crippen LogP contribution in [0, 0.1) is 18.8 Å². The van der Waals surface area contributed by atoms with Gasteiger partial charge in [0.1, 0.15) is 5.58 Å². The summed E-state index contributed by atoms with van der Waals surface area (Å²) in [5.41, 5.74) is 8.76. The number of hydrogen-bond donors (Lipinski definition) is 0. The van der Waals surface area contributed by atoms with E-state index in [9.17, 15) is 0 Å². The van der Waals surface area contributed by atoms with Gasteiger partial charge < -0.3 is 4.42 Å². The Morgan fingerprint density at radius 3 is 2.37 bits per heavy atom. The number of aryl methyl sites for hydroxylation is 1. The zero-order valence-corrected chi connectivity index (χ0v) is 17.3. The predicted molar refractivity (Wildman–Crippen MR) is 124 cm³/mol. The maximum atomic E-state index is 6.06. The van der Waals surface area contributed by atoms with Crippen LogP contribution in [0.1, 0.15) is 29.2 Å². The Hall–Kier alpha value is -3.32. The van der Waals surface area contributed by atoms with Crippen LogP contribution in [0.15, 0.2) is 102 Å². The van der Waals surface area contributed by atoms with E-state index in [1.807, 2.05) is 6.26 Å². The van der Waals surface area contributed by atoms with E-state index in [2.05, 4.69) is 105 Å². The molecule has 1 heterocycles. The maximum Gasteiger partial charge on any atom is 0.141 e. The van der Waals surface area contributed by atoms with Gasteiger partial charge in [-0.2, -0.15) is 0 Å². The Kier molecular flexibility index (Phi) is 3.70. The van der Waals surface area contributed by atoms with Crippen molar-refractivity contribution in [3.63, 3.8) is 0 Å². The molecule has 2 aliphatic carbocycles. The molecule has 0 saturated heterocycles. The highest BCUT2D eigenvalue weighted by Gasteiger charge is 2.51. The molecule has 0 bridgehead atoms. The summed E-state index contributed by atoms with van der Waals surface area (Å²) in [5, 5.41) is 1.16. The second-order valence-electron chi connectivity index (χ2n) is 8.65. The van der Waals surface area contributed by atoms with E-state index < -0.39 is 0 Å². The van der Waals surface area contributed by atoms with Crippen molar-refractivity contribution in [2.24, 2.45) is 11.8 Å². The van der Waals surface area contributed by atoms with Crippen LogP contribution >= 0.6 is 0 Å². The fraction of sp³-hybridized carbons (Fsp3) is 0.172. The van der Waals surface area contributed by atoms with Gasteiger partial charge in [0.05, 0.1) is 11.7 Å². The second-order valence-corrected chi connectivity index (χ2v) is 8.65. The molecule has 3 unspecified atom stereocenters. The largest absolute Gasteiger partial charge is 0.464 e. The predicted octanol–water partition coefficient (Wildman–Crippen LogP) is 7.43. The molecule has 1 aromatic heterocycles. The Labute approximate surface area is 177 Å². The number of benzene rings is 3. The molecule has 0 spiro atoms. The fourth-order valence-corrected chi connectivity index (χ4v) is 5.92. The quantitative estimate of drug-likeness (QED) is 0.348. The van der Waals surface area contributed by atoms with E-state index in [0.717, 1.165) is 11.0 Å². The zero-order valence-electron chi connectivity index (χ0n) is 17.3. The lowest BCUT2D eigenvalue weighted by atomic mass is 9.59. The summed E-state index contributed by atoms with van der Waals surface area (Å²) in [5.74, 6) is 0.735. The van der Waals surface area contributed by atoms with Gasteiger partial charge in [-0.1, -0.05) is 91.9 Å². The summed E-state index contributed by atoms with van der Waals surface area (Å²) in [6, 6.07) is 24.5. The Morgan fingerprint density at radius 2 is 1.53 bits per heavy atom. The topological polar surface area (TPSA) is 13.1 Å². The number of allylic oxidation sites excluding steroid dienone is 4. The minimum atomic E-state index is -0.251. The molecule has 0 amide bonds. The van der Waals surface area contributed by atoms with Crippen molar-refractivity contribution in [2.45, 2.75) is 19.3 Å². The molecule has 0 aliphatic heterocycles. The molecular weight excluding hydrogens is 364 g/mol. The van der Waals surface area contributed by atoms with Crippen molar-refractivity contribution in [3.8, 4) is 11.1 Å². The summed E-state index contributed by atoms with van der Waals surface area (Å²) >= 11 is 0. The van der Waals surface area contributed by atoms with E-state index in [4.69, 9.17) is 4.42 Å². The monoisotopic (exact) mass is 388 g/mol. The molecule has 3 atom stereocenters. The van der Waals surface area contributed by atoms with Crippen molar-refractivity contribution in [3.05, 3.63) is 120 Å². The minimum Gasteiger partial charge on any atom is -0.464 e. The van der Waals surface area contributed by atoms with Gasteiger partial charge in [0.15, 0.2) is 0 Å². The van der Waals surface area contributed by atoms with E-state index in [1.54, 1.807) is 0 Å². The zero-order chi connectivity index (χ0) is 20.3. The first-order valence-electron chi connectivity index (χ1n) is 10.7. The summed E-state index contributed by atoms with van der Waals surface area (Å²) in [6.07, 6.45) is 11.0. The molecule has 3 aromatic carbocycles. The number of furan rings is 1. The van der Waals surface area contributed by atoms with E-state index in [1.165, 1.54) is 33.4 Å². The Bertz CT molecular complexity index is 1340. The molecule has 1 heteroatoms. The first kappa shape index (κ1) is 17.5. The van der Waals surface area contributed by atoms with Crippen LogP contribution in [-0.2, 0) is 5.41 Å². The van der Waals surface area contributed by atoms with Crippen molar-refractivity contribution < 1.29 is 4.42 Å². The lowest BCUT2D eigenvalue weighted by Crippen LogP contribution is -2.39. The van der Waals surface area contributed by atoms with Gasteiger partial charge in [-0.15, -0.1) is 0 Å². The second kappa shape index (κ2) is 6.34. The number of rotatable bonds is 2. The summed E-state index contributed by atoms with van der Waals surface area (Å²) in [7, 11) is 0. The van der Waals surface area contributed by atoms with Crippen LogP contribution in [0.2, 0.25) is 0 Å². The van der Waals surface area contributed by atoms with Crippen LogP contribution in [0.25, 0.3) is 22.1 Å². The molecule has 0 N–H and O–H groups in total. The number of fused-ring (bicyclic) bond motifs is 5. The van der Waals surface area contributed by atoms with Crippen molar-refractivity contribution in [2.75, 3.05) is 0 Å². The normalized spacial score (nSPS) is 24.2. The van der Waals surface area contributed by atoms with Crippen LogP contribution in [0.5, 0.6) is 0 Å². The van der Waals surface area contributed by atoms with Gasteiger partial charge in [-0.05, 0) is 46.7 Å². The van der Waals surface area contributed by atoms with Gasteiger partial charge in [0, 0.05) is 16.9 Å². The highest BCUT2D eigenvalue weighted by atomic mass is 16.3. The molecule has 2 aliphatic rings. The SMILES string of the molecule is Cc1ccccc1C1(C2C=CC=CC2C)c2ccccc2-c2c1ccc1ccoc21. The van der Waals surface area contributed by atoms with Gasteiger partial charge >= 0.3 is 0 Å². The average Bonchev–Trinajstić information content (AvgIpc) is 3.36. The molecule has 0 fully saturated rings. The van der Waals surface area contributed by atoms with Gasteiger partial charge in [-0.3, -0.25) is 0 Å². The third-order valence-electron chi connectivity index (χ3n) is 7.15. The first-order valence-corrected chi connectivity index (χ1v) is 10.7. The smallest absolute Gasteiger partial charge is 0.141 e. The third kappa shape index (κ3) is 2.13. The van der Waals surface area contributed by atoms with Crippen molar-refractivity contribution in [1.29, 1.82) is 0 Å². The van der Waals surface area contributed by atoms with Crippen LogP contribution in [0.4, 0.5) is 0 Å². The highest BCUT2D eigenvalue weighted by molar-refractivity contribution is 6.00. The molecule has 0 radical (unpaired) electrons. The average molecular weight is 389 g/mol. The van der Waals surface area contributed by atoms with E-state index >= 15 is 0 Å². The van der Waals surface area contributed by atoms with Gasteiger partial charge in [0.25, 0.3) is 0 Å². The lowest BCUT2D eigenvalue weighted by molar-refractivity contribution is 0.373. The third-order valence-corrected chi connectivity index (χ3v) is 7.15. The summed E-state index contributed by atoms with van der Waals surface area (Å²) in [4.78, 5) is 0. The van der Waals surface area contributed by atoms with Crippen LogP contribution < -0.4 is 0 Å². The van der Waals surface area contributed by atoms with Gasteiger partial charge in [-0.25, -0.2) is 0 Å². The first-order chi connectivity index (χ1) is 14.7. The molecule has 30 heavy (non-hydrogen) atoms. The van der Waals surface area contributed by atoms with Crippen molar-refractivity contribution in [1.82, 2.24) is 0 Å². The van der Waals surface area contributed by atoms with Crippen LogP contribution in [0.3, 0.4) is 0 Å². The summed E-state index contributed by atoms with van der Waals surface area (Å²) < 4.78 is 6.06. The fourth-order valence-electron chi connectivity index (χ4n) is 5.92. The highest BCUT2D eigenvalue weighted by Crippen LogP contribution is 2.60.